The molecule has 0 saturated heterocycles. The van der Waals surface area contributed by atoms with E-state index >= 15 is 0 Å². The van der Waals surface area contributed by atoms with Crippen LogP contribution in [0.3, 0.4) is 0 Å². The Bertz CT molecular complexity index is 632. The first kappa shape index (κ1) is 17.2. The van der Waals surface area contributed by atoms with Gasteiger partial charge in [0.1, 0.15) is 11.6 Å². The van der Waals surface area contributed by atoms with Gasteiger partial charge in [-0.3, -0.25) is 0 Å². The molecule has 0 aromatic heterocycles. The van der Waals surface area contributed by atoms with E-state index in [9.17, 15) is 22.0 Å². The molecule has 0 heterocycles. The van der Waals surface area contributed by atoms with E-state index in [0.717, 1.165) is 12.1 Å². The molecule has 0 saturated carbocycles. The van der Waals surface area contributed by atoms with Gasteiger partial charge in [-0.2, -0.15) is 13.2 Å². The average molecular weight is 426 g/mol. The summed E-state index contributed by atoms with van der Waals surface area (Å²) >= 11 is 2.25. The molecule has 118 valence electrons. The Morgan fingerprint density at radius 1 is 1.14 bits per heavy atom. The third kappa shape index (κ3) is 4.18. The minimum atomic E-state index is -4.61. The lowest BCUT2D eigenvalue weighted by Gasteiger charge is -2.18. The lowest BCUT2D eigenvalue weighted by Crippen LogP contribution is -2.09. The third-order valence-electron chi connectivity index (χ3n) is 3.26. The number of halogens is 6. The molecule has 0 aliphatic heterocycles. The van der Waals surface area contributed by atoms with Gasteiger partial charge in [0.2, 0.25) is 0 Å². The van der Waals surface area contributed by atoms with Crippen molar-refractivity contribution >= 4 is 34.2 Å². The fraction of sp³-hybridized carbons (Fsp3) is 0.250. The highest BCUT2D eigenvalue weighted by molar-refractivity contribution is 14.1. The third-order valence-corrected chi connectivity index (χ3v) is 4.81. The predicted octanol–water partition coefficient (Wildman–Crippen LogP) is 5.93. The van der Waals surface area contributed by atoms with E-state index < -0.39 is 23.4 Å². The van der Waals surface area contributed by atoms with Crippen LogP contribution >= 0.6 is 22.6 Å². The number of rotatable bonds is 2. The van der Waals surface area contributed by atoms with Crippen molar-refractivity contribution in [3.05, 3.63) is 59.2 Å². The molecule has 0 bridgehead atoms. The van der Waals surface area contributed by atoms with Gasteiger partial charge in [-0.25, -0.2) is 8.78 Å². The highest BCUT2D eigenvalue weighted by atomic mass is 127. The SMILES string of the molecule is CC1C=C(c2cc(F)c(/C=C/C(F)(F)F)c(F)c2)C=CC1I. The Hall–Kier alpha value is -1.18. The first-order chi connectivity index (χ1) is 10.2. The number of hydrogen-bond acceptors (Lipinski definition) is 0. The van der Waals surface area contributed by atoms with Gasteiger partial charge in [-0.1, -0.05) is 47.7 Å². The Labute approximate surface area is 138 Å². The number of hydrogen-bond donors (Lipinski definition) is 0. The topological polar surface area (TPSA) is 0 Å². The van der Waals surface area contributed by atoms with Gasteiger partial charge in [0.05, 0.1) is 0 Å². The molecular weight excluding hydrogens is 414 g/mol. The van der Waals surface area contributed by atoms with Gasteiger partial charge in [0.15, 0.2) is 0 Å². The highest BCUT2D eigenvalue weighted by Gasteiger charge is 2.23. The Kier molecular flexibility index (Phi) is 5.09. The normalized spacial score (nSPS) is 22.2. The Morgan fingerprint density at radius 3 is 2.23 bits per heavy atom. The molecule has 22 heavy (non-hydrogen) atoms. The van der Waals surface area contributed by atoms with Crippen molar-refractivity contribution in [2.75, 3.05) is 0 Å². The van der Waals surface area contributed by atoms with Crippen molar-refractivity contribution in [2.24, 2.45) is 5.92 Å². The molecule has 6 heteroatoms. The van der Waals surface area contributed by atoms with E-state index in [4.69, 9.17) is 0 Å². The highest BCUT2D eigenvalue weighted by Crippen LogP contribution is 2.31. The zero-order valence-electron chi connectivity index (χ0n) is 11.5. The number of alkyl halides is 4. The predicted molar refractivity (Wildman–Crippen MR) is 85.5 cm³/mol. The number of benzene rings is 1. The molecule has 0 N–H and O–H groups in total. The molecule has 1 aromatic rings. The van der Waals surface area contributed by atoms with Gasteiger partial charge < -0.3 is 0 Å². The Balaban J connectivity index is 2.37. The Morgan fingerprint density at radius 2 is 1.73 bits per heavy atom. The monoisotopic (exact) mass is 426 g/mol. The van der Waals surface area contributed by atoms with E-state index in [1.807, 2.05) is 19.1 Å². The molecule has 2 unspecified atom stereocenters. The zero-order chi connectivity index (χ0) is 16.5. The molecule has 2 rings (SSSR count). The summed E-state index contributed by atoms with van der Waals surface area (Å²) in [4.78, 5) is 0. The minimum Gasteiger partial charge on any atom is -0.206 e. The second-order valence-corrected chi connectivity index (χ2v) is 6.45. The molecule has 0 radical (unpaired) electrons. The maximum Gasteiger partial charge on any atom is 0.409 e. The summed E-state index contributed by atoms with van der Waals surface area (Å²) in [5.74, 6) is -1.83. The summed E-state index contributed by atoms with van der Waals surface area (Å²) in [6.07, 6.45) is 1.18. The maximum absolute atomic E-state index is 13.9. The molecule has 0 nitrogen and oxygen atoms in total. The first-order valence-corrected chi connectivity index (χ1v) is 7.71. The van der Waals surface area contributed by atoms with Gasteiger partial charge in [-0.05, 0) is 35.3 Å². The largest absolute Gasteiger partial charge is 0.409 e. The molecule has 1 aliphatic rings. The molecular formula is C16H12F5I. The molecule has 0 spiro atoms. The van der Waals surface area contributed by atoms with Crippen LogP contribution in [0.1, 0.15) is 18.1 Å². The van der Waals surface area contributed by atoms with Crippen molar-refractivity contribution in [3.8, 4) is 0 Å². The van der Waals surface area contributed by atoms with Crippen molar-refractivity contribution in [1.82, 2.24) is 0 Å². The second-order valence-electron chi connectivity index (χ2n) is 5.01. The van der Waals surface area contributed by atoms with Crippen LogP contribution in [0.4, 0.5) is 22.0 Å². The fourth-order valence-corrected chi connectivity index (χ4v) is 2.50. The molecule has 0 fully saturated rings. The zero-order valence-corrected chi connectivity index (χ0v) is 13.6. The van der Waals surface area contributed by atoms with E-state index in [-0.39, 0.29) is 12.0 Å². The molecule has 1 aliphatic carbocycles. The van der Waals surface area contributed by atoms with Crippen molar-refractivity contribution in [2.45, 2.75) is 17.0 Å². The standard InChI is InChI=1S/C16H12F5I/c1-9-6-10(2-3-15(9)22)11-7-13(17)12(14(18)8-11)4-5-16(19,20)21/h2-9,15H,1H3/b5-4+. The van der Waals surface area contributed by atoms with Crippen LogP contribution in [-0.2, 0) is 0 Å². The lowest BCUT2D eigenvalue weighted by atomic mass is 9.93. The summed E-state index contributed by atoms with van der Waals surface area (Å²) in [6, 6.07) is 2.10. The molecule has 2 atom stereocenters. The van der Waals surface area contributed by atoms with E-state index in [1.54, 1.807) is 6.08 Å². The summed E-state index contributed by atoms with van der Waals surface area (Å²) in [5, 5.41) is 0. The van der Waals surface area contributed by atoms with Gasteiger partial charge >= 0.3 is 6.18 Å². The number of allylic oxidation sites excluding steroid dienone is 5. The van der Waals surface area contributed by atoms with Gasteiger partial charge in [0.25, 0.3) is 0 Å². The maximum atomic E-state index is 13.9. The van der Waals surface area contributed by atoms with Crippen LogP contribution in [0.5, 0.6) is 0 Å². The van der Waals surface area contributed by atoms with E-state index in [2.05, 4.69) is 22.6 Å². The van der Waals surface area contributed by atoms with Gasteiger partial charge in [0, 0.05) is 15.6 Å². The summed E-state index contributed by atoms with van der Waals surface area (Å²) < 4.78 is 64.4. The van der Waals surface area contributed by atoms with Crippen molar-refractivity contribution in [1.29, 1.82) is 0 Å². The minimum absolute atomic E-state index is 0.184. The lowest BCUT2D eigenvalue weighted by molar-refractivity contribution is -0.0790. The van der Waals surface area contributed by atoms with Gasteiger partial charge in [-0.15, -0.1) is 0 Å². The van der Waals surface area contributed by atoms with Crippen LogP contribution in [0.25, 0.3) is 11.6 Å². The smallest absolute Gasteiger partial charge is 0.206 e. The summed E-state index contributed by atoms with van der Waals surface area (Å²) in [7, 11) is 0. The molecule has 0 amide bonds. The summed E-state index contributed by atoms with van der Waals surface area (Å²) in [6.45, 7) is 1.98. The van der Waals surface area contributed by atoms with Crippen LogP contribution in [0.15, 0.2) is 36.4 Å². The second kappa shape index (κ2) is 6.52. The van der Waals surface area contributed by atoms with Crippen LogP contribution in [-0.4, -0.2) is 10.1 Å². The molecule has 1 aromatic carbocycles. The first-order valence-electron chi connectivity index (χ1n) is 6.47. The van der Waals surface area contributed by atoms with Crippen molar-refractivity contribution in [3.63, 3.8) is 0 Å². The van der Waals surface area contributed by atoms with E-state index in [0.29, 0.717) is 21.1 Å². The van der Waals surface area contributed by atoms with Crippen LogP contribution in [0.2, 0.25) is 0 Å². The fourth-order valence-electron chi connectivity index (χ4n) is 2.08. The van der Waals surface area contributed by atoms with Crippen molar-refractivity contribution < 1.29 is 22.0 Å². The van der Waals surface area contributed by atoms with Crippen LogP contribution in [0, 0.1) is 17.6 Å². The quantitative estimate of drug-likeness (QED) is 0.312. The van der Waals surface area contributed by atoms with E-state index in [1.165, 1.54) is 0 Å². The average Bonchev–Trinajstić information content (AvgIpc) is 2.39. The summed E-state index contributed by atoms with van der Waals surface area (Å²) in [5.41, 5.74) is 0.274. The van der Waals surface area contributed by atoms with Crippen LogP contribution < -0.4 is 0 Å².